The van der Waals surface area contributed by atoms with Gasteiger partial charge in [0.15, 0.2) is 0 Å². The summed E-state index contributed by atoms with van der Waals surface area (Å²) >= 11 is 6.06. The third-order valence-corrected chi connectivity index (χ3v) is 5.69. The molecule has 2 aromatic rings. The number of rotatable bonds is 4. The van der Waals surface area contributed by atoms with Crippen molar-refractivity contribution in [3.05, 3.63) is 47.2 Å². The van der Waals surface area contributed by atoms with E-state index in [1.54, 1.807) is 10.9 Å². The van der Waals surface area contributed by atoms with Gasteiger partial charge in [-0.25, -0.2) is 4.68 Å². The molecule has 0 bridgehead atoms. The second kappa shape index (κ2) is 6.83. The highest BCUT2D eigenvalue weighted by molar-refractivity contribution is 6.30. The Morgan fingerprint density at radius 3 is 2.48 bits per heavy atom. The SMILES string of the molecule is CC1CCC(N(C(=O)c2cnn(-c3cccc(Cl)c3)c2)C2CC2)CC1. The highest BCUT2D eigenvalue weighted by atomic mass is 35.5. The summed E-state index contributed by atoms with van der Waals surface area (Å²) in [5.74, 6) is 0.924. The van der Waals surface area contributed by atoms with Gasteiger partial charge in [-0.05, 0) is 62.6 Å². The molecule has 132 valence electrons. The molecule has 1 aromatic heterocycles. The Morgan fingerprint density at radius 1 is 1.16 bits per heavy atom. The first-order valence-corrected chi connectivity index (χ1v) is 9.63. The predicted molar refractivity (Wildman–Crippen MR) is 99.2 cm³/mol. The fraction of sp³-hybridized carbons (Fsp3) is 0.500. The molecule has 2 aliphatic carbocycles. The largest absolute Gasteiger partial charge is 0.333 e. The minimum atomic E-state index is 0.135. The lowest BCUT2D eigenvalue weighted by Crippen LogP contribution is -2.43. The van der Waals surface area contributed by atoms with E-state index in [1.807, 2.05) is 30.5 Å². The Labute approximate surface area is 153 Å². The number of hydrogen-bond donors (Lipinski definition) is 0. The van der Waals surface area contributed by atoms with Gasteiger partial charge in [0.05, 0.1) is 17.4 Å². The Kier molecular flexibility index (Phi) is 4.55. The molecule has 0 saturated heterocycles. The molecular formula is C20H24ClN3O. The monoisotopic (exact) mass is 357 g/mol. The summed E-state index contributed by atoms with van der Waals surface area (Å²) < 4.78 is 1.73. The van der Waals surface area contributed by atoms with Gasteiger partial charge in [0.2, 0.25) is 0 Å². The second-order valence-electron chi connectivity index (χ2n) is 7.51. The van der Waals surface area contributed by atoms with E-state index < -0.39 is 0 Å². The van der Waals surface area contributed by atoms with Crippen molar-refractivity contribution in [3.8, 4) is 5.69 Å². The maximum absolute atomic E-state index is 13.2. The average molecular weight is 358 g/mol. The first-order valence-electron chi connectivity index (χ1n) is 9.25. The lowest BCUT2D eigenvalue weighted by Gasteiger charge is -2.36. The lowest BCUT2D eigenvalue weighted by atomic mass is 9.86. The third-order valence-electron chi connectivity index (χ3n) is 5.46. The minimum absolute atomic E-state index is 0.135. The fourth-order valence-electron chi connectivity index (χ4n) is 3.85. The van der Waals surface area contributed by atoms with Crippen molar-refractivity contribution in [2.24, 2.45) is 5.92 Å². The molecule has 2 saturated carbocycles. The van der Waals surface area contributed by atoms with Crippen molar-refractivity contribution in [2.75, 3.05) is 0 Å². The van der Waals surface area contributed by atoms with Crippen LogP contribution in [0.5, 0.6) is 0 Å². The predicted octanol–water partition coefficient (Wildman–Crippen LogP) is 4.71. The van der Waals surface area contributed by atoms with Gasteiger partial charge in [0, 0.05) is 23.3 Å². The Hall–Kier alpha value is -1.81. The van der Waals surface area contributed by atoms with Crippen molar-refractivity contribution in [1.29, 1.82) is 0 Å². The van der Waals surface area contributed by atoms with Gasteiger partial charge < -0.3 is 4.90 Å². The topological polar surface area (TPSA) is 38.1 Å². The van der Waals surface area contributed by atoms with Crippen LogP contribution in [0.2, 0.25) is 5.02 Å². The first-order chi connectivity index (χ1) is 12.1. The Balaban J connectivity index is 1.55. The van der Waals surface area contributed by atoms with Crippen LogP contribution in [0.15, 0.2) is 36.7 Å². The molecule has 1 amide bonds. The molecule has 25 heavy (non-hydrogen) atoms. The van der Waals surface area contributed by atoms with Crippen LogP contribution in [0.1, 0.15) is 55.8 Å². The van der Waals surface area contributed by atoms with Crippen molar-refractivity contribution >= 4 is 17.5 Å². The fourth-order valence-corrected chi connectivity index (χ4v) is 4.03. The average Bonchev–Trinajstić information content (AvgIpc) is 3.31. The first kappa shape index (κ1) is 16.6. The minimum Gasteiger partial charge on any atom is -0.333 e. The molecule has 4 nitrogen and oxygen atoms in total. The number of nitrogens with zero attached hydrogens (tertiary/aromatic N) is 3. The van der Waals surface area contributed by atoms with E-state index in [4.69, 9.17) is 11.6 Å². The molecular weight excluding hydrogens is 334 g/mol. The summed E-state index contributed by atoms with van der Waals surface area (Å²) in [6, 6.07) is 8.34. The number of amides is 1. The highest BCUT2D eigenvalue weighted by Crippen LogP contribution is 2.36. The number of benzene rings is 1. The number of halogens is 1. The van der Waals surface area contributed by atoms with Crippen molar-refractivity contribution in [1.82, 2.24) is 14.7 Å². The van der Waals surface area contributed by atoms with Crippen molar-refractivity contribution in [3.63, 3.8) is 0 Å². The van der Waals surface area contributed by atoms with Crippen molar-refractivity contribution in [2.45, 2.75) is 57.5 Å². The van der Waals surface area contributed by atoms with E-state index in [9.17, 15) is 4.79 Å². The zero-order chi connectivity index (χ0) is 17.4. The van der Waals surface area contributed by atoms with Gasteiger partial charge in [-0.2, -0.15) is 5.10 Å². The molecule has 0 unspecified atom stereocenters. The molecule has 1 aromatic carbocycles. The molecule has 0 aliphatic heterocycles. The molecule has 0 N–H and O–H groups in total. The highest BCUT2D eigenvalue weighted by Gasteiger charge is 2.39. The number of carbonyl (C=O) groups is 1. The van der Waals surface area contributed by atoms with E-state index in [2.05, 4.69) is 16.9 Å². The molecule has 1 heterocycles. The molecule has 5 heteroatoms. The van der Waals surface area contributed by atoms with Crippen LogP contribution in [0.25, 0.3) is 5.69 Å². The van der Waals surface area contributed by atoms with Crippen LogP contribution in [-0.4, -0.2) is 32.7 Å². The van der Waals surface area contributed by atoms with E-state index in [0.29, 0.717) is 22.7 Å². The molecule has 2 fully saturated rings. The Morgan fingerprint density at radius 2 is 1.84 bits per heavy atom. The Bertz CT molecular complexity index is 760. The summed E-state index contributed by atoms with van der Waals surface area (Å²) in [5.41, 5.74) is 1.54. The smallest absolute Gasteiger partial charge is 0.257 e. The van der Waals surface area contributed by atoms with Gasteiger partial charge in [-0.1, -0.05) is 24.6 Å². The maximum Gasteiger partial charge on any atom is 0.257 e. The quantitative estimate of drug-likeness (QED) is 0.794. The van der Waals surface area contributed by atoms with Gasteiger partial charge in [-0.3, -0.25) is 4.79 Å². The van der Waals surface area contributed by atoms with Gasteiger partial charge >= 0.3 is 0 Å². The number of hydrogen-bond acceptors (Lipinski definition) is 2. The van der Waals surface area contributed by atoms with Gasteiger partial charge in [0.25, 0.3) is 5.91 Å². The lowest BCUT2D eigenvalue weighted by molar-refractivity contribution is 0.0593. The zero-order valence-electron chi connectivity index (χ0n) is 14.6. The summed E-state index contributed by atoms with van der Waals surface area (Å²) in [6.07, 6.45) is 10.5. The molecule has 2 aliphatic rings. The standard InChI is InChI=1S/C20H24ClN3O/c1-14-5-7-17(8-6-14)24(18-9-10-18)20(25)15-12-22-23(13-15)19-4-2-3-16(21)11-19/h2-4,11-14,17-18H,5-10H2,1H3. The van der Waals surface area contributed by atoms with Crippen LogP contribution in [-0.2, 0) is 0 Å². The normalized spacial score (nSPS) is 23.4. The summed E-state index contributed by atoms with van der Waals surface area (Å²) in [6.45, 7) is 2.31. The van der Waals surface area contributed by atoms with Crippen LogP contribution in [0, 0.1) is 5.92 Å². The van der Waals surface area contributed by atoms with Crippen LogP contribution in [0.3, 0.4) is 0 Å². The summed E-state index contributed by atoms with van der Waals surface area (Å²) in [4.78, 5) is 15.3. The van der Waals surface area contributed by atoms with Crippen molar-refractivity contribution < 1.29 is 4.79 Å². The van der Waals surface area contributed by atoms with E-state index in [-0.39, 0.29) is 5.91 Å². The maximum atomic E-state index is 13.2. The molecule has 0 spiro atoms. The number of aromatic nitrogens is 2. The van der Waals surface area contributed by atoms with Gasteiger partial charge in [-0.15, -0.1) is 0 Å². The second-order valence-corrected chi connectivity index (χ2v) is 7.95. The molecule has 4 rings (SSSR count). The number of carbonyl (C=O) groups excluding carboxylic acids is 1. The van der Waals surface area contributed by atoms with E-state index in [1.165, 1.54) is 12.8 Å². The van der Waals surface area contributed by atoms with E-state index in [0.717, 1.165) is 37.3 Å². The summed E-state index contributed by atoms with van der Waals surface area (Å²) in [7, 11) is 0. The summed E-state index contributed by atoms with van der Waals surface area (Å²) in [5, 5.41) is 5.04. The van der Waals surface area contributed by atoms with Crippen LogP contribution in [0.4, 0.5) is 0 Å². The third kappa shape index (κ3) is 3.59. The van der Waals surface area contributed by atoms with E-state index >= 15 is 0 Å². The zero-order valence-corrected chi connectivity index (χ0v) is 15.3. The van der Waals surface area contributed by atoms with Crippen LogP contribution < -0.4 is 0 Å². The van der Waals surface area contributed by atoms with Gasteiger partial charge in [0.1, 0.15) is 0 Å². The molecule has 0 radical (unpaired) electrons. The molecule has 0 atom stereocenters. The van der Waals surface area contributed by atoms with Crippen LogP contribution >= 0.6 is 11.6 Å².